The van der Waals surface area contributed by atoms with E-state index < -0.39 is 5.60 Å². The summed E-state index contributed by atoms with van der Waals surface area (Å²) < 4.78 is 18.9. The Balaban J connectivity index is 1.68. The Morgan fingerprint density at radius 2 is 1.84 bits per heavy atom. The van der Waals surface area contributed by atoms with Crippen molar-refractivity contribution in [3.05, 3.63) is 71.5 Å². The van der Waals surface area contributed by atoms with Gasteiger partial charge < -0.3 is 14.7 Å². The largest absolute Gasteiger partial charge is 0.393 e. The number of rotatable bonds is 5. The van der Waals surface area contributed by atoms with Crippen LogP contribution in [0.25, 0.3) is 0 Å². The molecule has 1 aliphatic heterocycles. The van der Waals surface area contributed by atoms with E-state index in [1.54, 1.807) is 17.0 Å². The molecule has 0 saturated carbocycles. The highest BCUT2D eigenvalue weighted by molar-refractivity contribution is 5.79. The maximum absolute atomic E-state index is 13.0. The predicted octanol–water partition coefficient (Wildman–Crippen LogP) is 2.20. The minimum absolute atomic E-state index is 0.0409. The van der Waals surface area contributed by atoms with Crippen LogP contribution in [0.5, 0.6) is 0 Å². The fourth-order valence-corrected chi connectivity index (χ4v) is 3.17. The molecule has 1 aliphatic rings. The van der Waals surface area contributed by atoms with Crippen molar-refractivity contribution >= 4 is 5.91 Å². The van der Waals surface area contributed by atoms with Crippen molar-refractivity contribution in [1.29, 1.82) is 0 Å². The summed E-state index contributed by atoms with van der Waals surface area (Å²) in [7, 11) is 0. The molecule has 1 N–H and O–H groups in total. The fraction of sp³-hybridized carbons (Fsp3) is 0.350. The molecule has 0 unspecified atom stereocenters. The summed E-state index contributed by atoms with van der Waals surface area (Å²) in [5.74, 6) is -0.356. The SMILES string of the molecule is O=C(Cc1ccc(F)cc1)N1CCO[C@](CO)(Cc2ccccc2)C1. The minimum atomic E-state index is -0.780. The number of nitrogens with zero attached hydrogens (tertiary/aromatic N) is 1. The van der Waals surface area contributed by atoms with Gasteiger partial charge in [0.2, 0.25) is 5.91 Å². The van der Waals surface area contributed by atoms with Gasteiger partial charge in [-0.2, -0.15) is 0 Å². The number of carbonyl (C=O) groups excluding carboxylic acids is 1. The number of morpholine rings is 1. The van der Waals surface area contributed by atoms with E-state index in [1.807, 2.05) is 30.3 Å². The van der Waals surface area contributed by atoms with Crippen molar-refractivity contribution in [3.63, 3.8) is 0 Å². The summed E-state index contributed by atoms with van der Waals surface area (Å²) in [6.07, 6.45) is 0.762. The van der Waals surface area contributed by atoms with E-state index in [2.05, 4.69) is 0 Å². The van der Waals surface area contributed by atoms with Crippen LogP contribution < -0.4 is 0 Å². The minimum Gasteiger partial charge on any atom is -0.393 e. The monoisotopic (exact) mass is 343 g/mol. The number of hydrogen-bond acceptors (Lipinski definition) is 3. The number of ether oxygens (including phenoxy) is 1. The van der Waals surface area contributed by atoms with Gasteiger partial charge in [0.1, 0.15) is 11.4 Å². The van der Waals surface area contributed by atoms with Crippen molar-refractivity contribution in [2.75, 3.05) is 26.3 Å². The summed E-state index contributed by atoms with van der Waals surface area (Å²) in [6, 6.07) is 15.8. The third kappa shape index (κ3) is 4.44. The second-order valence-electron chi connectivity index (χ2n) is 6.47. The zero-order chi connectivity index (χ0) is 17.7. The Morgan fingerprint density at radius 3 is 2.52 bits per heavy atom. The van der Waals surface area contributed by atoms with Gasteiger partial charge in [0.25, 0.3) is 0 Å². The summed E-state index contributed by atoms with van der Waals surface area (Å²) in [4.78, 5) is 14.3. The number of amides is 1. The van der Waals surface area contributed by atoms with Crippen LogP contribution in [-0.2, 0) is 22.4 Å². The fourth-order valence-electron chi connectivity index (χ4n) is 3.17. The van der Waals surface area contributed by atoms with Gasteiger partial charge in [-0.05, 0) is 23.3 Å². The molecule has 2 aromatic rings. The van der Waals surface area contributed by atoms with Gasteiger partial charge in [-0.3, -0.25) is 4.79 Å². The van der Waals surface area contributed by atoms with E-state index in [1.165, 1.54) is 12.1 Å². The lowest BCUT2D eigenvalue weighted by molar-refractivity contribution is -0.157. The zero-order valence-electron chi connectivity index (χ0n) is 14.0. The van der Waals surface area contributed by atoms with E-state index >= 15 is 0 Å². The number of benzene rings is 2. The van der Waals surface area contributed by atoms with Gasteiger partial charge in [0, 0.05) is 13.0 Å². The molecule has 1 heterocycles. The van der Waals surface area contributed by atoms with Gasteiger partial charge in [-0.15, -0.1) is 0 Å². The standard InChI is InChI=1S/C20H22FNO3/c21-18-8-6-16(7-9-18)12-19(24)22-10-11-25-20(14-22,15-23)13-17-4-2-1-3-5-17/h1-9,23H,10-15H2/t20-/m1/s1. The highest BCUT2D eigenvalue weighted by Gasteiger charge is 2.38. The first-order chi connectivity index (χ1) is 12.1. The van der Waals surface area contributed by atoms with Crippen molar-refractivity contribution in [3.8, 4) is 0 Å². The van der Waals surface area contributed by atoms with E-state index in [-0.39, 0.29) is 24.8 Å². The van der Waals surface area contributed by atoms with Gasteiger partial charge in [0.05, 0.1) is 26.2 Å². The van der Waals surface area contributed by atoms with Crippen LogP contribution in [0, 0.1) is 5.82 Å². The number of halogens is 1. The van der Waals surface area contributed by atoms with Crippen LogP contribution in [0.3, 0.4) is 0 Å². The van der Waals surface area contributed by atoms with Crippen LogP contribution in [0.1, 0.15) is 11.1 Å². The molecule has 25 heavy (non-hydrogen) atoms. The molecule has 0 aromatic heterocycles. The third-order valence-corrected chi connectivity index (χ3v) is 4.53. The number of carbonyl (C=O) groups is 1. The molecule has 0 bridgehead atoms. The number of aliphatic hydroxyl groups excluding tert-OH is 1. The second-order valence-corrected chi connectivity index (χ2v) is 6.47. The normalized spacial score (nSPS) is 20.5. The molecular formula is C20H22FNO3. The molecule has 0 aliphatic carbocycles. The lowest BCUT2D eigenvalue weighted by Gasteiger charge is -2.42. The molecule has 2 aromatic carbocycles. The maximum atomic E-state index is 13.0. The summed E-state index contributed by atoms with van der Waals surface area (Å²) in [5.41, 5.74) is 1.05. The summed E-state index contributed by atoms with van der Waals surface area (Å²) in [6.45, 7) is 1.08. The van der Waals surface area contributed by atoms with Crippen molar-refractivity contribution in [2.24, 2.45) is 0 Å². The molecule has 4 nitrogen and oxygen atoms in total. The van der Waals surface area contributed by atoms with E-state index in [4.69, 9.17) is 4.74 Å². The Labute approximate surface area is 146 Å². The Morgan fingerprint density at radius 1 is 1.12 bits per heavy atom. The maximum Gasteiger partial charge on any atom is 0.227 e. The topological polar surface area (TPSA) is 49.8 Å². The highest BCUT2D eigenvalue weighted by Crippen LogP contribution is 2.23. The van der Waals surface area contributed by atoms with Crippen molar-refractivity contribution in [1.82, 2.24) is 4.90 Å². The molecule has 1 amide bonds. The Bertz CT molecular complexity index is 705. The first kappa shape index (κ1) is 17.6. The molecule has 132 valence electrons. The predicted molar refractivity (Wildman–Crippen MR) is 92.6 cm³/mol. The van der Waals surface area contributed by atoms with Crippen LogP contribution in [0.4, 0.5) is 4.39 Å². The first-order valence-electron chi connectivity index (χ1n) is 8.41. The van der Waals surface area contributed by atoms with Crippen molar-refractivity contribution < 1.29 is 19.0 Å². The lowest BCUT2D eigenvalue weighted by atomic mass is 9.93. The van der Waals surface area contributed by atoms with Gasteiger partial charge in [0.15, 0.2) is 0 Å². The van der Waals surface area contributed by atoms with Crippen LogP contribution >= 0.6 is 0 Å². The van der Waals surface area contributed by atoms with E-state index in [0.29, 0.717) is 26.1 Å². The Kier molecular flexibility index (Phi) is 5.46. The lowest BCUT2D eigenvalue weighted by Crippen LogP contribution is -2.57. The number of hydrogen-bond donors (Lipinski definition) is 1. The van der Waals surface area contributed by atoms with Crippen LogP contribution in [0.2, 0.25) is 0 Å². The van der Waals surface area contributed by atoms with Crippen LogP contribution in [0.15, 0.2) is 54.6 Å². The molecule has 1 atom stereocenters. The van der Waals surface area contributed by atoms with Gasteiger partial charge in [-0.1, -0.05) is 42.5 Å². The zero-order valence-corrected chi connectivity index (χ0v) is 14.0. The van der Waals surface area contributed by atoms with Crippen LogP contribution in [-0.4, -0.2) is 47.8 Å². The molecule has 1 fully saturated rings. The molecule has 1 saturated heterocycles. The first-order valence-corrected chi connectivity index (χ1v) is 8.41. The quantitative estimate of drug-likeness (QED) is 0.905. The van der Waals surface area contributed by atoms with E-state index in [0.717, 1.165) is 11.1 Å². The molecule has 0 radical (unpaired) electrons. The second kappa shape index (κ2) is 7.76. The molecule has 3 rings (SSSR count). The Hall–Kier alpha value is -2.24. The molecule has 5 heteroatoms. The summed E-state index contributed by atoms with van der Waals surface area (Å²) in [5, 5.41) is 9.92. The average Bonchev–Trinajstić information content (AvgIpc) is 2.64. The highest BCUT2D eigenvalue weighted by atomic mass is 19.1. The number of aliphatic hydroxyl groups is 1. The summed E-state index contributed by atoms with van der Waals surface area (Å²) >= 11 is 0. The third-order valence-electron chi connectivity index (χ3n) is 4.53. The average molecular weight is 343 g/mol. The van der Waals surface area contributed by atoms with Crippen molar-refractivity contribution in [2.45, 2.75) is 18.4 Å². The van der Waals surface area contributed by atoms with Gasteiger partial charge >= 0.3 is 0 Å². The van der Waals surface area contributed by atoms with Gasteiger partial charge in [-0.25, -0.2) is 4.39 Å². The molecular weight excluding hydrogens is 321 g/mol. The smallest absolute Gasteiger partial charge is 0.227 e. The van der Waals surface area contributed by atoms with E-state index in [9.17, 15) is 14.3 Å². The molecule has 0 spiro atoms.